The van der Waals surface area contributed by atoms with Crippen molar-refractivity contribution in [2.24, 2.45) is 0 Å². The molecule has 1 aromatic heterocycles. The van der Waals surface area contributed by atoms with Crippen LogP contribution in [0.4, 0.5) is 27.6 Å². The smallest absolute Gasteiger partial charge is 0.411 e. The highest BCUT2D eigenvalue weighted by Gasteiger charge is 2.43. The van der Waals surface area contributed by atoms with Gasteiger partial charge >= 0.3 is 12.5 Å². The van der Waals surface area contributed by atoms with E-state index < -0.39 is 32.4 Å². The zero-order chi connectivity index (χ0) is 29.0. The van der Waals surface area contributed by atoms with Crippen LogP contribution in [0.2, 0.25) is 18.1 Å². The third kappa shape index (κ3) is 5.93. The summed E-state index contributed by atoms with van der Waals surface area (Å²) in [6, 6.07) is 10.8. The van der Waals surface area contributed by atoms with Gasteiger partial charge < -0.3 is 18.8 Å². The molecule has 0 bridgehead atoms. The van der Waals surface area contributed by atoms with Gasteiger partial charge in [-0.3, -0.25) is 4.79 Å². The topological polar surface area (TPSA) is 65.8 Å². The predicted octanol–water partition coefficient (Wildman–Crippen LogP) is 7.01. The van der Waals surface area contributed by atoms with E-state index in [9.17, 15) is 26.7 Å². The molecule has 0 fully saturated rings. The number of amides is 1. The molecule has 0 unspecified atom stereocenters. The average Bonchev–Trinajstić information content (AvgIpc) is 3.40. The van der Waals surface area contributed by atoms with Crippen LogP contribution in [-0.4, -0.2) is 37.3 Å². The Labute approximate surface area is 223 Å². The van der Waals surface area contributed by atoms with Crippen LogP contribution in [0.5, 0.6) is 11.5 Å². The van der Waals surface area contributed by atoms with Crippen molar-refractivity contribution in [1.29, 1.82) is 0 Å². The number of carbonyl (C=O) groups excluding carboxylic acids is 1. The van der Waals surface area contributed by atoms with E-state index in [0.29, 0.717) is 0 Å². The Bertz CT molecular complexity index is 1400. The van der Waals surface area contributed by atoms with Crippen molar-refractivity contribution < 1.29 is 40.6 Å². The average molecular weight is 570 g/mol. The molecule has 1 aliphatic rings. The summed E-state index contributed by atoms with van der Waals surface area (Å²) in [7, 11) is -0.866. The number of fused-ring (bicyclic) bond motifs is 1. The first kappa shape index (κ1) is 28.6. The van der Waals surface area contributed by atoms with Gasteiger partial charge in [-0.25, -0.2) is 4.68 Å². The number of rotatable bonds is 6. The fourth-order valence-corrected chi connectivity index (χ4v) is 4.53. The Balaban J connectivity index is 1.64. The van der Waals surface area contributed by atoms with Crippen molar-refractivity contribution >= 4 is 19.9 Å². The summed E-state index contributed by atoms with van der Waals surface area (Å²) >= 11 is 0. The molecular formula is C26H28F5N3O4Si. The molecule has 39 heavy (non-hydrogen) atoms. The monoisotopic (exact) mass is 569 g/mol. The maximum atomic E-state index is 13.6. The molecule has 1 aliphatic heterocycles. The number of nitrogens with zero attached hydrogens (tertiary/aromatic N) is 3. The van der Waals surface area contributed by atoms with E-state index in [1.54, 1.807) is 0 Å². The molecule has 4 rings (SSSR count). The van der Waals surface area contributed by atoms with Crippen molar-refractivity contribution in [3.8, 4) is 17.2 Å². The molecule has 13 heteroatoms. The van der Waals surface area contributed by atoms with Crippen molar-refractivity contribution in [2.75, 3.05) is 11.9 Å². The maximum absolute atomic E-state index is 13.6. The van der Waals surface area contributed by atoms with Gasteiger partial charge in [-0.1, -0.05) is 26.8 Å². The van der Waals surface area contributed by atoms with E-state index in [2.05, 4.69) is 14.6 Å². The number of hydrogen-bond acceptors (Lipinski definition) is 5. The molecule has 0 spiro atoms. The molecule has 0 aliphatic carbocycles. The standard InChI is InChI=1S/C26H28F5N3O4Si/c1-24(2,3)39(5,6)36-15-19-14-22(25(27,28)29)32-34(19)18-9-7-8-16(12-18)23(35)33(4)17-10-11-20-21(13-17)38-26(30,31)37-20/h7-14H,15H2,1-6H3. The molecule has 0 saturated heterocycles. The van der Waals surface area contributed by atoms with Gasteiger partial charge in [0.15, 0.2) is 25.5 Å². The molecule has 3 aromatic rings. The summed E-state index contributed by atoms with van der Waals surface area (Å²) in [6.07, 6.45) is -8.48. The zero-order valence-corrected chi connectivity index (χ0v) is 23.2. The lowest BCUT2D eigenvalue weighted by Crippen LogP contribution is -2.40. The lowest BCUT2D eigenvalue weighted by molar-refractivity contribution is -0.286. The summed E-state index contributed by atoms with van der Waals surface area (Å²) in [5, 5.41) is 3.61. The van der Waals surface area contributed by atoms with Crippen LogP contribution in [0.15, 0.2) is 48.5 Å². The summed E-state index contributed by atoms with van der Waals surface area (Å²) in [5.74, 6) is -0.934. The maximum Gasteiger partial charge on any atom is 0.586 e. The molecule has 1 amide bonds. The molecule has 0 N–H and O–H groups in total. The van der Waals surface area contributed by atoms with Crippen molar-refractivity contribution in [2.45, 2.75) is 58.0 Å². The summed E-state index contributed by atoms with van der Waals surface area (Å²) < 4.78 is 83.6. The molecule has 7 nitrogen and oxygen atoms in total. The van der Waals surface area contributed by atoms with Crippen LogP contribution in [-0.2, 0) is 17.2 Å². The van der Waals surface area contributed by atoms with Crippen molar-refractivity contribution in [3.63, 3.8) is 0 Å². The molecule has 0 radical (unpaired) electrons. The lowest BCUT2D eigenvalue weighted by atomic mass is 10.1. The minimum absolute atomic E-state index is 0.0977. The summed E-state index contributed by atoms with van der Waals surface area (Å²) in [4.78, 5) is 14.4. The zero-order valence-electron chi connectivity index (χ0n) is 22.2. The highest BCUT2D eigenvalue weighted by atomic mass is 28.4. The molecule has 0 saturated carbocycles. The summed E-state index contributed by atoms with van der Waals surface area (Å²) in [5.41, 5.74) is -0.293. The van der Waals surface area contributed by atoms with Gasteiger partial charge in [-0.05, 0) is 54.5 Å². The molecule has 0 atom stereocenters. The van der Waals surface area contributed by atoms with Crippen LogP contribution >= 0.6 is 0 Å². The number of aromatic nitrogens is 2. The fourth-order valence-electron chi connectivity index (χ4n) is 3.58. The normalized spacial score (nSPS) is 14.9. The second-order valence-corrected chi connectivity index (χ2v) is 15.5. The third-order valence-electron chi connectivity index (χ3n) is 6.88. The van der Waals surface area contributed by atoms with E-state index in [4.69, 9.17) is 4.43 Å². The number of halogens is 5. The number of benzene rings is 2. The number of anilines is 1. The first-order valence-corrected chi connectivity index (χ1v) is 14.9. The summed E-state index contributed by atoms with van der Waals surface area (Å²) in [6.45, 7) is 9.95. The van der Waals surface area contributed by atoms with Crippen molar-refractivity contribution in [1.82, 2.24) is 9.78 Å². The van der Waals surface area contributed by atoms with Gasteiger partial charge in [0, 0.05) is 24.4 Å². The van der Waals surface area contributed by atoms with Gasteiger partial charge in [0.05, 0.1) is 18.0 Å². The number of ether oxygens (including phenoxy) is 2. The van der Waals surface area contributed by atoms with Crippen LogP contribution in [0.1, 0.15) is 42.5 Å². The second-order valence-electron chi connectivity index (χ2n) is 10.7. The van der Waals surface area contributed by atoms with E-state index in [1.807, 2.05) is 33.9 Å². The Morgan fingerprint density at radius 1 is 1.05 bits per heavy atom. The van der Waals surface area contributed by atoms with E-state index in [-0.39, 0.29) is 45.8 Å². The number of hydrogen-bond donors (Lipinski definition) is 0. The Morgan fingerprint density at radius 3 is 2.36 bits per heavy atom. The van der Waals surface area contributed by atoms with E-state index >= 15 is 0 Å². The number of alkyl halides is 5. The van der Waals surface area contributed by atoms with Crippen LogP contribution in [0.3, 0.4) is 0 Å². The van der Waals surface area contributed by atoms with Gasteiger partial charge in [0.25, 0.3) is 5.91 Å². The largest absolute Gasteiger partial charge is 0.586 e. The molecule has 2 heterocycles. The first-order chi connectivity index (χ1) is 17.9. The molecule has 2 aromatic carbocycles. The fraction of sp³-hybridized carbons (Fsp3) is 0.385. The van der Waals surface area contributed by atoms with Gasteiger partial charge in [0.2, 0.25) is 0 Å². The van der Waals surface area contributed by atoms with Crippen LogP contribution in [0, 0.1) is 0 Å². The predicted molar refractivity (Wildman–Crippen MR) is 136 cm³/mol. The minimum atomic E-state index is -4.68. The third-order valence-corrected chi connectivity index (χ3v) is 11.4. The van der Waals surface area contributed by atoms with Gasteiger partial charge in [0.1, 0.15) is 0 Å². The van der Waals surface area contributed by atoms with Crippen LogP contribution in [0.25, 0.3) is 5.69 Å². The Kier molecular flexibility index (Phi) is 7.05. The SMILES string of the molecule is CN(C(=O)c1cccc(-n2nc(C(F)(F)F)cc2CO[Si](C)(C)C(C)(C)C)c1)c1ccc2c(c1)OC(F)(F)O2. The van der Waals surface area contributed by atoms with E-state index in [1.165, 1.54) is 54.4 Å². The van der Waals surface area contributed by atoms with Gasteiger partial charge in [-0.2, -0.15) is 18.3 Å². The second kappa shape index (κ2) is 9.63. The van der Waals surface area contributed by atoms with Gasteiger partial charge in [-0.15, -0.1) is 8.78 Å². The Hall–Kier alpha value is -3.45. The quantitative estimate of drug-likeness (QED) is 0.236. The molecule has 210 valence electrons. The van der Waals surface area contributed by atoms with Crippen molar-refractivity contribution in [3.05, 3.63) is 65.5 Å². The van der Waals surface area contributed by atoms with Crippen LogP contribution < -0.4 is 14.4 Å². The highest BCUT2D eigenvalue weighted by molar-refractivity contribution is 6.74. The lowest BCUT2D eigenvalue weighted by Gasteiger charge is -2.36. The number of carbonyl (C=O) groups is 1. The minimum Gasteiger partial charge on any atom is -0.411 e. The Morgan fingerprint density at radius 2 is 1.72 bits per heavy atom. The van der Waals surface area contributed by atoms with E-state index in [0.717, 1.165) is 10.7 Å². The molecular weight excluding hydrogens is 541 g/mol. The first-order valence-electron chi connectivity index (χ1n) is 12.0. The highest BCUT2D eigenvalue weighted by Crippen LogP contribution is 2.43.